The average molecular weight is 341 g/mol. The Bertz CT molecular complexity index is 1000. The molecule has 0 saturated heterocycles. The minimum atomic E-state index is -1.22. The molecule has 0 spiro atoms. The highest BCUT2D eigenvalue weighted by Gasteiger charge is 2.17. The minimum absolute atomic E-state index is 0.0757. The molecule has 3 aromatic rings. The fraction of sp³-hybridized carbons (Fsp3) is 0.167. The van der Waals surface area contributed by atoms with Gasteiger partial charge in [-0.2, -0.15) is 0 Å². The maximum Gasteiger partial charge on any atom is 0.270 e. The third-order valence-electron chi connectivity index (χ3n) is 3.81. The molecule has 7 heteroatoms. The second-order valence-corrected chi connectivity index (χ2v) is 5.66. The molecule has 6 nitrogen and oxygen atoms in total. The Morgan fingerprint density at radius 1 is 1.32 bits per heavy atom. The fourth-order valence-corrected chi connectivity index (χ4v) is 2.48. The van der Waals surface area contributed by atoms with Crippen LogP contribution in [0.25, 0.3) is 5.65 Å². The molecule has 0 bridgehead atoms. The minimum Gasteiger partial charge on any atom is -0.386 e. The predicted molar refractivity (Wildman–Crippen MR) is 89.9 cm³/mol. The molecule has 1 aromatic carbocycles. The Hall–Kier alpha value is -3.06. The van der Waals surface area contributed by atoms with Crippen LogP contribution in [0, 0.1) is 12.7 Å². The summed E-state index contributed by atoms with van der Waals surface area (Å²) in [5, 5.41) is 12.5. The second kappa shape index (κ2) is 6.82. The SMILES string of the molecule is Cc1ccc2ncc(C(=O)NCC(O)c3ccccc3F)c(=O)n2c1. The summed E-state index contributed by atoms with van der Waals surface area (Å²) >= 11 is 0. The maximum atomic E-state index is 13.6. The van der Waals surface area contributed by atoms with Crippen molar-refractivity contribution in [3.63, 3.8) is 0 Å². The van der Waals surface area contributed by atoms with Gasteiger partial charge in [-0.05, 0) is 24.6 Å². The van der Waals surface area contributed by atoms with E-state index in [-0.39, 0.29) is 17.7 Å². The van der Waals surface area contributed by atoms with Crippen LogP contribution in [0.1, 0.15) is 27.6 Å². The van der Waals surface area contributed by atoms with Gasteiger partial charge >= 0.3 is 0 Å². The van der Waals surface area contributed by atoms with Crippen molar-refractivity contribution in [1.29, 1.82) is 0 Å². The molecule has 0 aliphatic heterocycles. The van der Waals surface area contributed by atoms with Gasteiger partial charge in [-0.1, -0.05) is 24.3 Å². The van der Waals surface area contributed by atoms with Gasteiger partial charge in [-0.3, -0.25) is 14.0 Å². The lowest BCUT2D eigenvalue weighted by molar-refractivity contribution is 0.0912. The number of hydrogen-bond acceptors (Lipinski definition) is 4. The van der Waals surface area contributed by atoms with Gasteiger partial charge in [0.1, 0.15) is 17.0 Å². The van der Waals surface area contributed by atoms with E-state index in [0.717, 1.165) is 5.56 Å². The summed E-state index contributed by atoms with van der Waals surface area (Å²) in [6, 6.07) is 9.25. The summed E-state index contributed by atoms with van der Waals surface area (Å²) < 4.78 is 14.9. The second-order valence-electron chi connectivity index (χ2n) is 5.66. The zero-order valence-electron chi connectivity index (χ0n) is 13.4. The number of fused-ring (bicyclic) bond motifs is 1. The summed E-state index contributed by atoms with van der Waals surface area (Å²) in [5.74, 6) is -1.24. The number of amides is 1. The van der Waals surface area contributed by atoms with Crippen molar-refractivity contribution in [1.82, 2.24) is 14.7 Å². The Kier molecular flexibility index (Phi) is 4.58. The Balaban J connectivity index is 1.80. The van der Waals surface area contributed by atoms with E-state index in [1.807, 2.05) is 13.0 Å². The zero-order valence-corrected chi connectivity index (χ0v) is 13.4. The summed E-state index contributed by atoms with van der Waals surface area (Å²) in [7, 11) is 0. The zero-order chi connectivity index (χ0) is 18.0. The van der Waals surface area contributed by atoms with Crippen LogP contribution in [0.15, 0.2) is 53.6 Å². The van der Waals surface area contributed by atoms with Crippen LogP contribution < -0.4 is 10.9 Å². The number of nitrogens with zero attached hydrogens (tertiary/aromatic N) is 2. The molecule has 0 aliphatic carbocycles. The van der Waals surface area contributed by atoms with Gasteiger partial charge in [0.2, 0.25) is 0 Å². The van der Waals surface area contributed by atoms with Gasteiger partial charge in [-0.25, -0.2) is 9.37 Å². The summed E-state index contributed by atoms with van der Waals surface area (Å²) in [4.78, 5) is 28.8. The van der Waals surface area contributed by atoms with Crippen LogP contribution in [-0.4, -0.2) is 26.9 Å². The first-order valence-corrected chi connectivity index (χ1v) is 7.66. The van der Waals surface area contributed by atoms with Crippen molar-refractivity contribution in [3.8, 4) is 0 Å². The Morgan fingerprint density at radius 2 is 2.08 bits per heavy atom. The number of carbonyl (C=O) groups is 1. The number of halogens is 1. The van der Waals surface area contributed by atoms with E-state index < -0.39 is 23.4 Å². The van der Waals surface area contributed by atoms with Gasteiger partial charge < -0.3 is 10.4 Å². The number of aliphatic hydroxyl groups excluding tert-OH is 1. The monoisotopic (exact) mass is 341 g/mol. The van der Waals surface area contributed by atoms with Crippen LogP contribution in [0.2, 0.25) is 0 Å². The number of carbonyl (C=O) groups excluding carboxylic acids is 1. The van der Waals surface area contributed by atoms with Gasteiger partial charge in [-0.15, -0.1) is 0 Å². The van der Waals surface area contributed by atoms with Crippen molar-refractivity contribution < 1.29 is 14.3 Å². The molecule has 25 heavy (non-hydrogen) atoms. The number of rotatable bonds is 4. The molecule has 1 atom stereocenters. The molecule has 2 aromatic heterocycles. The molecule has 1 unspecified atom stereocenters. The van der Waals surface area contributed by atoms with E-state index >= 15 is 0 Å². The summed E-state index contributed by atoms with van der Waals surface area (Å²) in [6.45, 7) is 1.60. The first-order valence-electron chi connectivity index (χ1n) is 7.66. The first kappa shape index (κ1) is 16.8. The fourth-order valence-electron chi connectivity index (χ4n) is 2.48. The van der Waals surface area contributed by atoms with Crippen LogP contribution in [0.3, 0.4) is 0 Å². The van der Waals surface area contributed by atoms with Crippen molar-refractivity contribution >= 4 is 11.6 Å². The lowest BCUT2D eigenvalue weighted by atomic mass is 10.1. The molecule has 0 fully saturated rings. The average Bonchev–Trinajstić information content (AvgIpc) is 2.60. The lowest BCUT2D eigenvalue weighted by Crippen LogP contribution is -2.34. The molecular weight excluding hydrogens is 325 g/mol. The Morgan fingerprint density at radius 3 is 2.84 bits per heavy atom. The molecule has 128 valence electrons. The number of nitrogens with one attached hydrogen (secondary N) is 1. The highest BCUT2D eigenvalue weighted by molar-refractivity contribution is 5.93. The molecule has 0 saturated carbocycles. The van der Waals surface area contributed by atoms with Crippen LogP contribution in [0.4, 0.5) is 4.39 Å². The van der Waals surface area contributed by atoms with E-state index in [2.05, 4.69) is 10.3 Å². The topological polar surface area (TPSA) is 83.7 Å². The van der Waals surface area contributed by atoms with Crippen molar-refractivity contribution in [2.45, 2.75) is 13.0 Å². The van der Waals surface area contributed by atoms with E-state index in [9.17, 15) is 19.1 Å². The number of pyridine rings is 1. The highest BCUT2D eigenvalue weighted by atomic mass is 19.1. The van der Waals surface area contributed by atoms with Gasteiger partial charge in [0, 0.05) is 24.5 Å². The Labute approximate surface area is 142 Å². The normalized spacial score (nSPS) is 12.1. The molecule has 3 rings (SSSR count). The standard InChI is InChI=1S/C18H16FN3O3/c1-11-6-7-16-20-8-13(18(25)22(16)10-11)17(24)21-9-15(23)12-4-2-3-5-14(12)19/h2-8,10,15,23H,9H2,1H3,(H,21,24). The number of aromatic nitrogens is 2. The molecule has 0 radical (unpaired) electrons. The van der Waals surface area contributed by atoms with Crippen LogP contribution in [0.5, 0.6) is 0 Å². The van der Waals surface area contributed by atoms with Crippen LogP contribution >= 0.6 is 0 Å². The van der Waals surface area contributed by atoms with Gasteiger partial charge in [0.05, 0.1) is 6.10 Å². The van der Waals surface area contributed by atoms with E-state index in [1.165, 1.54) is 28.8 Å². The molecular formula is C18H16FN3O3. The predicted octanol–water partition coefficient (Wildman–Crippen LogP) is 1.61. The van der Waals surface area contributed by atoms with Crippen molar-refractivity contribution in [3.05, 3.63) is 81.7 Å². The third kappa shape index (κ3) is 3.41. The molecule has 1 amide bonds. The van der Waals surface area contributed by atoms with Crippen molar-refractivity contribution in [2.24, 2.45) is 0 Å². The maximum absolute atomic E-state index is 13.6. The van der Waals surface area contributed by atoms with E-state index in [1.54, 1.807) is 18.3 Å². The molecule has 2 heterocycles. The van der Waals surface area contributed by atoms with Crippen LogP contribution in [-0.2, 0) is 0 Å². The third-order valence-corrected chi connectivity index (χ3v) is 3.81. The van der Waals surface area contributed by atoms with Gasteiger partial charge in [0.25, 0.3) is 11.5 Å². The highest BCUT2D eigenvalue weighted by Crippen LogP contribution is 2.15. The lowest BCUT2D eigenvalue weighted by Gasteiger charge is -2.13. The van der Waals surface area contributed by atoms with Crippen molar-refractivity contribution in [2.75, 3.05) is 6.54 Å². The largest absolute Gasteiger partial charge is 0.386 e. The molecule has 0 aliphatic rings. The first-order chi connectivity index (χ1) is 12.0. The summed E-state index contributed by atoms with van der Waals surface area (Å²) in [6.07, 6.45) is 1.57. The van der Waals surface area contributed by atoms with E-state index in [0.29, 0.717) is 5.65 Å². The van der Waals surface area contributed by atoms with E-state index in [4.69, 9.17) is 0 Å². The number of hydrogen-bond donors (Lipinski definition) is 2. The number of benzene rings is 1. The van der Waals surface area contributed by atoms with Gasteiger partial charge in [0.15, 0.2) is 0 Å². The smallest absolute Gasteiger partial charge is 0.270 e. The molecule has 2 N–H and O–H groups in total. The number of aryl methyl sites for hydroxylation is 1. The number of aliphatic hydroxyl groups is 1. The summed E-state index contributed by atoms with van der Waals surface area (Å²) in [5.41, 5.74) is 0.699. The quantitative estimate of drug-likeness (QED) is 0.755.